The molecule has 0 bridgehead atoms. The third-order valence-electron chi connectivity index (χ3n) is 2.76. The van der Waals surface area contributed by atoms with Crippen LogP contribution in [-0.2, 0) is 22.4 Å². The van der Waals surface area contributed by atoms with Crippen molar-refractivity contribution in [3.05, 3.63) is 33.5 Å². The lowest BCUT2D eigenvalue weighted by Crippen LogP contribution is -2.18. The van der Waals surface area contributed by atoms with Gasteiger partial charge in [-0.15, -0.1) is 0 Å². The lowest BCUT2D eigenvalue weighted by atomic mass is 10.1. The molecule has 0 aliphatic carbocycles. The minimum atomic E-state index is -0.329. The molecule has 5 nitrogen and oxygen atoms in total. The molecule has 94 valence electrons. The molecule has 0 aromatic carbocycles. The molecule has 0 atom stereocenters. The molecular formula is C12H18N2O3. The van der Waals surface area contributed by atoms with Gasteiger partial charge in [-0.05, 0) is 25.0 Å². The monoisotopic (exact) mass is 238 g/mol. The highest BCUT2D eigenvalue weighted by Crippen LogP contribution is 2.16. The molecule has 1 aromatic heterocycles. The summed E-state index contributed by atoms with van der Waals surface area (Å²) in [7, 11) is 3.17. The summed E-state index contributed by atoms with van der Waals surface area (Å²) in [5, 5.41) is 2.90. The maximum atomic E-state index is 10.4. The summed E-state index contributed by atoms with van der Waals surface area (Å²) in [6.07, 6.45) is 0.232. The fourth-order valence-electron chi connectivity index (χ4n) is 1.63. The summed E-state index contributed by atoms with van der Waals surface area (Å²) in [5.74, 6) is 0. The maximum absolute atomic E-state index is 10.4. The molecule has 0 aliphatic rings. The van der Waals surface area contributed by atoms with Crippen LogP contribution in [0, 0.1) is 18.8 Å². The zero-order valence-corrected chi connectivity index (χ0v) is 10.7. The van der Waals surface area contributed by atoms with Gasteiger partial charge >= 0.3 is 0 Å². The number of rotatable bonds is 6. The molecule has 0 unspecified atom stereocenters. The Labute approximate surface area is 101 Å². The molecule has 0 fully saturated rings. The summed E-state index contributed by atoms with van der Waals surface area (Å²) in [6.45, 7) is 3.98. The third kappa shape index (κ3) is 3.57. The van der Waals surface area contributed by atoms with Crippen molar-refractivity contribution in [1.82, 2.24) is 4.98 Å². The van der Waals surface area contributed by atoms with Crippen LogP contribution in [0.15, 0.2) is 11.2 Å². The van der Waals surface area contributed by atoms with Gasteiger partial charge in [0.25, 0.3) is 0 Å². The van der Waals surface area contributed by atoms with Crippen LogP contribution < -0.4 is 0 Å². The Morgan fingerprint density at radius 1 is 1.35 bits per heavy atom. The van der Waals surface area contributed by atoms with Crippen molar-refractivity contribution < 1.29 is 9.47 Å². The van der Waals surface area contributed by atoms with Crippen molar-refractivity contribution in [3.8, 4) is 0 Å². The first-order valence-corrected chi connectivity index (χ1v) is 5.43. The van der Waals surface area contributed by atoms with Crippen LogP contribution in [0.2, 0.25) is 0 Å². The van der Waals surface area contributed by atoms with E-state index in [9.17, 15) is 4.91 Å². The molecule has 1 rings (SSSR count). The van der Waals surface area contributed by atoms with E-state index in [0.29, 0.717) is 12.1 Å². The number of nitroso groups, excluding NO2 is 1. The van der Waals surface area contributed by atoms with E-state index >= 15 is 0 Å². The highest BCUT2D eigenvalue weighted by Gasteiger charge is 2.13. The quantitative estimate of drug-likeness (QED) is 0.562. The minimum absolute atomic E-state index is 0.0800. The van der Waals surface area contributed by atoms with E-state index in [-0.39, 0.29) is 12.8 Å². The van der Waals surface area contributed by atoms with E-state index in [1.165, 1.54) is 0 Å². The third-order valence-corrected chi connectivity index (χ3v) is 2.76. The largest absolute Gasteiger partial charge is 0.356 e. The van der Waals surface area contributed by atoms with E-state index in [1.807, 2.05) is 19.9 Å². The van der Waals surface area contributed by atoms with E-state index in [1.54, 1.807) is 14.2 Å². The fraction of sp³-hybridized carbons (Fsp3) is 0.583. The molecule has 17 heavy (non-hydrogen) atoms. The molecule has 5 heteroatoms. The van der Waals surface area contributed by atoms with Crippen LogP contribution in [0.5, 0.6) is 0 Å². The fourth-order valence-corrected chi connectivity index (χ4v) is 1.63. The number of aryl methyl sites for hydroxylation is 2. The average Bonchev–Trinajstić information content (AvgIpc) is 2.32. The van der Waals surface area contributed by atoms with Crippen molar-refractivity contribution in [3.63, 3.8) is 0 Å². The number of hydrogen-bond acceptors (Lipinski definition) is 5. The molecule has 0 saturated heterocycles. The molecule has 1 heterocycles. The first-order valence-electron chi connectivity index (χ1n) is 5.43. The topological polar surface area (TPSA) is 60.8 Å². The zero-order chi connectivity index (χ0) is 12.8. The predicted octanol–water partition coefficient (Wildman–Crippen LogP) is 2.13. The Morgan fingerprint density at radius 3 is 2.53 bits per heavy atom. The highest BCUT2D eigenvalue weighted by atomic mass is 16.7. The average molecular weight is 238 g/mol. The molecule has 0 N–H and O–H groups in total. The van der Waals surface area contributed by atoms with Gasteiger partial charge < -0.3 is 9.47 Å². The number of methoxy groups -OCH3 is 2. The Hall–Kier alpha value is -1.33. The Balaban J connectivity index is 3.02. The smallest absolute Gasteiger partial charge is 0.160 e. The molecule has 0 radical (unpaired) electrons. The highest BCUT2D eigenvalue weighted by molar-refractivity contribution is 5.29. The van der Waals surface area contributed by atoms with Crippen LogP contribution in [0.25, 0.3) is 0 Å². The van der Waals surface area contributed by atoms with E-state index < -0.39 is 0 Å². The van der Waals surface area contributed by atoms with Crippen LogP contribution >= 0.6 is 0 Å². The second kappa shape index (κ2) is 6.42. The molecule has 0 spiro atoms. The molecule has 0 aliphatic heterocycles. The summed E-state index contributed by atoms with van der Waals surface area (Å²) >= 11 is 0. The van der Waals surface area contributed by atoms with Gasteiger partial charge in [0, 0.05) is 26.3 Å². The van der Waals surface area contributed by atoms with Gasteiger partial charge in [-0.25, -0.2) is 0 Å². The summed E-state index contributed by atoms with van der Waals surface area (Å²) in [5.41, 5.74) is 3.64. The first kappa shape index (κ1) is 13.7. The van der Waals surface area contributed by atoms with Gasteiger partial charge in [-0.1, -0.05) is 11.2 Å². The second-order valence-corrected chi connectivity index (χ2v) is 3.89. The SMILES string of the molecule is COC(Cc1cc(C)c(C)nc1CN=O)OC. The van der Waals surface area contributed by atoms with E-state index in [0.717, 1.165) is 16.8 Å². The van der Waals surface area contributed by atoms with Crippen molar-refractivity contribution in [2.45, 2.75) is 33.1 Å². The van der Waals surface area contributed by atoms with Gasteiger partial charge in [0.15, 0.2) is 6.29 Å². The Morgan fingerprint density at radius 2 is 2.00 bits per heavy atom. The zero-order valence-electron chi connectivity index (χ0n) is 10.7. The number of pyridine rings is 1. The van der Waals surface area contributed by atoms with Crippen LogP contribution in [0.1, 0.15) is 22.5 Å². The number of aromatic nitrogens is 1. The summed E-state index contributed by atoms with van der Waals surface area (Å²) in [4.78, 5) is 14.8. The molecule has 0 saturated carbocycles. The molecular weight excluding hydrogens is 220 g/mol. The summed E-state index contributed by atoms with van der Waals surface area (Å²) in [6, 6.07) is 2.01. The molecule has 0 amide bonds. The van der Waals surface area contributed by atoms with Gasteiger partial charge in [-0.2, -0.15) is 4.91 Å². The normalized spacial score (nSPS) is 10.9. The summed E-state index contributed by atoms with van der Waals surface area (Å²) < 4.78 is 10.3. The van der Waals surface area contributed by atoms with Gasteiger partial charge in [0.1, 0.15) is 6.54 Å². The Bertz CT molecular complexity index is 390. The van der Waals surface area contributed by atoms with Crippen molar-refractivity contribution in [1.29, 1.82) is 0 Å². The van der Waals surface area contributed by atoms with Crippen molar-refractivity contribution >= 4 is 0 Å². The maximum Gasteiger partial charge on any atom is 0.160 e. The minimum Gasteiger partial charge on any atom is -0.356 e. The van der Waals surface area contributed by atoms with Gasteiger partial charge in [0.05, 0.1) is 5.69 Å². The first-order chi connectivity index (χ1) is 8.12. The van der Waals surface area contributed by atoms with Gasteiger partial charge in [-0.3, -0.25) is 4.98 Å². The molecule has 1 aromatic rings. The standard InChI is InChI=1S/C12H18N2O3/c1-8-5-10(6-12(16-3)17-4)11(7-13-15)14-9(8)2/h5,12H,6-7H2,1-4H3. The lowest BCUT2D eigenvalue weighted by Gasteiger charge is -2.16. The lowest BCUT2D eigenvalue weighted by molar-refractivity contribution is -0.100. The van der Waals surface area contributed by atoms with E-state index in [2.05, 4.69) is 10.2 Å². The second-order valence-electron chi connectivity index (χ2n) is 3.89. The van der Waals surface area contributed by atoms with Crippen LogP contribution in [0.4, 0.5) is 0 Å². The van der Waals surface area contributed by atoms with Crippen LogP contribution in [-0.4, -0.2) is 25.5 Å². The predicted molar refractivity (Wildman–Crippen MR) is 64.7 cm³/mol. The number of hydrogen-bond donors (Lipinski definition) is 0. The van der Waals surface area contributed by atoms with Crippen molar-refractivity contribution in [2.75, 3.05) is 14.2 Å². The van der Waals surface area contributed by atoms with Crippen LogP contribution in [0.3, 0.4) is 0 Å². The number of nitrogens with zero attached hydrogens (tertiary/aromatic N) is 2. The number of ether oxygens (including phenoxy) is 2. The van der Waals surface area contributed by atoms with Crippen molar-refractivity contribution in [2.24, 2.45) is 5.18 Å². The van der Waals surface area contributed by atoms with Gasteiger partial charge in [0.2, 0.25) is 0 Å². The van der Waals surface area contributed by atoms with E-state index in [4.69, 9.17) is 9.47 Å². The Kier molecular flexibility index (Phi) is 5.18.